The molecule has 0 spiro atoms. The van der Waals surface area contributed by atoms with Gasteiger partial charge in [0, 0.05) is 24.5 Å². The lowest BCUT2D eigenvalue weighted by Crippen LogP contribution is -2.68. The molecule has 5 nitrogen and oxygen atoms in total. The van der Waals surface area contributed by atoms with Crippen molar-refractivity contribution in [2.24, 2.45) is 0 Å². The molecule has 1 aromatic rings. The molecule has 150 valence electrons. The summed E-state index contributed by atoms with van der Waals surface area (Å²) in [6.07, 6.45) is 8.36. The Morgan fingerprint density at radius 1 is 1.19 bits per heavy atom. The van der Waals surface area contributed by atoms with Gasteiger partial charge in [0.25, 0.3) is 0 Å². The van der Waals surface area contributed by atoms with Gasteiger partial charge < -0.3 is 10.4 Å². The van der Waals surface area contributed by atoms with Crippen LogP contribution < -0.4 is 5.32 Å². The summed E-state index contributed by atoms with van der Waals surface area (Å²) in [4.78, 5) is 0. The van der Waals surface area contributed by atoms with Gasteiger partial charge in [-0.1, -0.05) is 44.2 Å². The third kappa shape index (κ3) is 4.45. The van der Waals surface area contributed by atoms with Gasteiger partial charge in [-0.25, -0.2) is 8.42 Å². The number of hydrogen-bond acceptors (Lipinski definition) is 4. The van der Waals surface area contributed by atoms with Crippen LogP contribution in [0.4, 0.5) is 0 Å². The molecule has 0 aromatic heterocycles. The quantitative estimate of drug-likeness (QED) is 0.749. The van der Waals surface area contributed by atoms with E-state index in [1.807, 2.05) is 0 Å². The van der Waals surface area contributed by atoms with Crippen molar-refractivity contribution in [1.82, 2.24) is 9.62 Å². The van der Waals surface area contributed by atoms with Crippen molar-refractivity contribution in [3.05, 3.63) is 41.5 Å². The molecule has 0 radical (unpaired) electrons. The molecule has 1 aromatic carbocycles. The number of nitrogens with zero attached hydrogens (tertiary/aromatic N) is 1. The van der Waals surface area contributed by atoms with E-state index in [1.165, 1.54) is 34.5 Å². The number of benzene rings is 1. The van der Waals surface area contributed by atoms with Crippen LogP contribution in [0.25, 0.3) is 5.57 Å². The molecule has 0 bridgehead atoms. The Labute approximate surface area is 163 Å². The zero-order valence-corrected chi connectivity index (χ0v) is 17.4. The second-order valence-electron chi connectivity index (χ2n) is 8.10. The highest BCUT2D eigenvalue weighted by Crippen LogP contribution is 2.42. The number of nitrogens with one attached hydrogen (secondary N) is 1. The van der Waals surface area contributed by atoms with Crippen LogP contribution in [-0.2, 0) is 10.0 Å². The Morgan fingerprint density at radius 3 is 2.41 bits per heavy atom. The number of allylic oxidation sites excluding steroid dienone is 2. The maximum absolute atomic E-state index is 12.3. The van der Waals surface area contributed by atoms with Gasteiger partial charge in [-0.3, -0.25) is 0 Å². The summed E-state index contributed by atoms with van der Waals surface area (Å²) in [5.41, 5.74) is 3.77. The minimum absolute atomic E-state index is 0.00496. The van der Waals surface area contributed by atoms with E-state index < -0.39 is 16.1 Å². The monoisotopic (exact) mass is 392 g/mol. The molecule has 1 fully saturated rings. The first kappa shape index (κ1) is 20.5. The van der Waals surface area contributed by atoms with E-state index in [1.54, 1.807) is 0 Å². The van der Waals surface area contributed by atoms with Crippen molar-refractivity contribution < 1.29 is 13.5 Å². The Balaban J connectivity index is 1.84. The van der Waals surface area contributed by atoms with Gasteiger partial charge in [0.05, 0.1) is 18.9 Å². The van der Waals surface area contributed by atoms with Crippen LogP contribution in [0.3, 0.4) is 0 Å². The highest BCUT2D eigenvalue weighted by atomic mass is 32.2. The summed E-state index contributed by atoms with van der Waals surface area (Å²) in [6, 6.07) is 8.24. The standard InChI is InChI=1S/C21H32N2O3S/c1-15(2)22-13-19-21(20(14-24)23(19)27(3,25)26)18-11-9-17(10-12-18)16-7-5-4-6-8-16/h7,9-12,15,19-22,24H,4-6,8,13-14H2,1-3H3/t19-,20+,21+/m0/s1. The summed E-state index contributed by atoms with van der Waals surface area (Å²) >= 11 is 0. The molecule has 1 heterocycles. The molecule has 27 heavy (non-hydrogen) atoms. The molecule has 1 saturated heterocycles. The molecule has 1 aliphatic heterocycles. The van der Waals surface area contributed by atoms with Crippen LogP contribution in [-0.4, -0.2) is 55.4 Å². The van der Waals surface area contributed by atoms with E-state index in [2.05, 4.69) is 49.5 Å². The first-order valence-corrected chi connectivity index (χ1v) is 11.8. The fraction of sp³-hybridized carbons (Fsp3) is 0.619. The highest BCUT2D eigenvalue weighted by Gasteiger charge is 2.52. The normalized spacial score (nSPS) is 26.7. The van der Waals surface area contributed by atoms with Crippen LogP contribution in [0.1, 0.15) is 56.6 Å². The van der Waals surface area contributed by atoms with Crippen molar-refractivity contribution in [2.45, 2.75) is 63.6 Å². The number of hydrogen-bond donors (Lipinski definition) is 2. The van der Waals surface area contributed by atoms with Crippen molar-refractivity contribution in [3.8, 4) is 0 Å². The summed E-state index contributed by atoms with van der Waals surface area (Å²) in [5, 5.41) is 13.2. The molecule has 2 aliphatic rings. The van der Waals surface area contributed by atoms with Gasteiger partial charge >= 0.3 is 0 Å². The molecule has 3 atom stereocenters. The zero-order valence-electron chi connectivity index (χ0n) is 16.6. The second-order valence-corrected chi connectivity index (χ2v) is 9.98. The van der Waals surface area contributed by atoms with Crippen LogP contribution in [0.5, 0.6) is 0 Å². The first-order chi connectivity index (χ1) is 12.8. The van der Waals surface area contributed by atoms with Crippen molar-refractivity contribution in [3.63, 3.8) is 0 Å². The first-order valence-electron chi connectivity index (χ1n) is 9.95. The van der Waals surface area contributed by atoms with E-state index in [0.29, 0.717) is 6.54 Å². The SMILES string of the molecule is CC(C)NC[C@H]1[C@@H](c2ccc(C3=CCCCC3)cc2)[C@@H](CO)N1S(C)(=O)=O. The summed E-state index contributed by atoms with van der Waals surface area (Å²) in [6.45, 7) is 4.52. The lowest BCUT2D eigenvalue weighted by molar-refractivity contribution is 0.0284. The number of aliphatic hydroxyl groups excluding tert-OH is 1. The number of sulfonamides is 1. The Kier molecular flexibility index (Phi) is 6.41. The summed E-state index contributed by atoms with van der Waals surface area (Å²) in [7, 11) is -3.37. The van der Waals surface area contributed by atoms with E-state index >= 15 is 0 Å². The predicted octanol–water partition coefficient (Wildman–Crippen LogP) is 2.73. The Hall–Kier alpha value is -1.21. The summed E-state index contributed by atoms with van der Waals surface area (Å²) < 4.78 is 26.0. The summed E-state index contributed by atoms with van der Waals surface area (Å²) in [5.74, 6) is 0.00496. The minimum atomic E-state index is -3.37. The maximum Gasteiger partial charge on any atom is 0.211 e. The molecular formula is C21H32N2O3S. The van der Waals surface area contributed by atoms with E-state index in [9.17, 15) is 13.5 Å². The van der Waals surface area contributed by atoms with Gasteiger partial charge in [0.1, 0.15) is 0 Å². The highest BCUT2D eigenvalue weighted by molar-refractivity contribution is 7.88. The lowest BCUT2D eigenvalue weighted by Gasteiger charge is -2.53. The zero-order chi connectivity index (χ0) is 19.6. The van der Waals surface area contributed by atoms with Crippen LogP contribution >= 0.6 is 0 Å². The van der Waals surface area contributed by atoms with Gasteiger partial charge in [-0.2, -0.15) is 4.31 Å². The second kappa shape index (κ2) is 8.43. The van der Waals surface area contributed by atoms with E-state index in [4.69, 9.17) is 0 Å². The van der Waals surface area contributed by atoms with Crippen LogP contribution in [0.15, 0.2) is 30.3 Å². The smallest absolute Gasteiger partial charge is 0.211 e. The molecule has 0 amide bonds. The van der Waals surface area contributed by atoms with E-state index in [0.717, 1.165) is 18.4 Å². The Morgan fingerprint density at radius 2 is 1.89 bits per heavy atom. The van der Waals surface area contributed by atoms with Crippen LogP contribution in [0, 0.1) is 0 Å². The average molecular weight is 393 g/mol. The van der Waals surface area contributed by atoms with Gasteiger partial charge in [-0.15, -0.1) is 0 Å². The van der Waals surface area contributed by atoms with Gasteiger partial charge in [-0.05, 0) is 42.4 Å². The number of rotatable bonds is 7. The van der Waals surface area contributed by atoms with Crippen LogP contribution in [0.2, 0.25) is 0 Å². The molecule has 0 unspecified atom stereocenters. The minimum Gasteiger partial charge on any atom is -0.395 e. The molecule has 1 aliphatic carbocycles. The lowest BCUT2D eigenvalue weighted by atomic mass is 9.77. The molecule has 6 heteroatoms. The topological polar surface area (TPSA) is 69.6 Å². The molecule has 3 rings (SSSR count). The van der Waals surface area contributed by atoms with Gasteiger partial charge in [0.15, 0.2) is 0 Å². The Bertz CT molecular complexity index is 771. The van der Waals surface area contributed by atoms with Crippen molar-refractivity contribution in [2.75, 3.05) is 19.4 Å². The fourth-order valence-corrected chi connectivity index (χ4v) is 5.83. The third-order valence-corrected chi connectivity index (χ3v) is 7.05. The van der Waals surface area contributed by atoms with Gasteiger partial charge in [0.2, 0.25) is 10.0 Å². The largest absolute Gasteiger partial charge is 0.395 e. The third-order valence-electron chi connectivity index (χ3n) is 5.75. The van der Waals surface area contributed by atoms with E-state index in [-0.39, 0.29) is 24.6 Å². The van der Waals surface area contributed by atoms with Crippen molar-refractivity contribution >= 4 is 15.6 Å². The average Bonchev–Trinajstić information content (AvgIpc) is 2.61. The fourth-order valence-electron chi connectivity index (χ4n) is 4.44. The predicted molar refractivity (Wildman–Crippen MR) is 110 cm³/mol. The number of aliphatic hydroxyl groups is 1. The maximum atomic E-state index is 12.3. The molecule has 2 N–H and O–H groups in total. The molecular weight excluding hydrogens is 360 g/mol. The molecule has 0 saturated carbocycles. The van der Waals surface area contributed by atoms with Crippen molar-refractivity contribution in [1.29, 1.82) is 0 Å².